The van der Waals surface area contributed by atoms with Gasteiger partial charge < -0.3 is 9.84 Å². The van der Waals surface area contributed by atoms with Crippen LogP contribution in [0.1, 0.15) is 24.8 Å². The third-order valence-corrected chi connectivity index (χ3v) is 2.42. The van der Waals surface area contributed by atoms with E-state index in [1.807, 2.05) is 37.3 Å². The molecule has 3 nitrogen and oxygen atoms in total. The molecule has 0 spiro atoms. The molecule has 0 aliphatic carbocycles. The van der Waals surface area contributed by atoms with E-state index in [4.69, 9.17) is 4.74 Å². The Labute approximate surface area is 89.7 Å². The summed E-state index contributed by atoms with van der Waals surface area (Å²) >= 11 is 0. The molecule has 3 heteroatoms. The van der Waals surface area contributed by atoms with E-state index in [1.54, 1.807) is 0 Å². The zero-order valence-corrected chi connectivity index (χ0v) is 9.01. The van der Waals surface area contributed by atoms with Crippen molar-refractivity contribution >= 4 is 5.97 Å². The molecule has 1 rings (SSSR count). The molecule has 0 aliphatic rings. The quantitative estimate of drug-likeness (QED) is 0.766. The van der Waals surface area contributed by atoms with Gasteiger partial charge in [0.1, 0.15) is 5.92 Å². The van der Waals surface area contributed by atoms with Gasteiger partial charge in [-0.15, -0.1) is 0 Å². The lowest BCUT2D eigenvalue weighted by Gasteiger charge is -2.19. The number of benzene rings is 1. The highest BCUT2D eigenvalue weighted by atomic mass is 16.5. The van der Waals surface area contributed by atoms with Crippen LogP contribution in [0.5, 0.6) is 0 Å². The standard InChI is InChI=1S/C12H16O3/c1-3-10(13)11(12(14)15-2)9-7-5-4-6-8-9/h4-8,10-11,13H,3H2,1-2H3. The number of aliphatic hydroxyl groups is 1. The van der Waals surface area contributed by atoms with E-state index in [-0.39, 0.29) is 0 Å². The molecule has 82 valence electrons. The summed E-state index contributed by atoms with van der Waals surface area (Å²) in [4.78, 5) is 11.5. The van der Waals surface area contributed by atoms with Gasteiger partial charge in [0.05, 0.1) is 13.2 Å². The number of rotatable bonds is 4. The van der Waals surface area contributed by atoms with E-state index in [1.165, 1.54) is 7.11 Å². The molecule has 0 heterocycles. The van der Waals surface area contributed by atoms with Gasteiger partial charge in [0.2, 0.25) is 0 Å². The molecular weight excluding hydrogens is 192 g/mol. The fourth-order valence-electron chi connectivity index (χ4n) is 1.54. The molecule has 15 heavy (non-hydrogen) atoms. The minimum Gasteiger partial charge on any atom is -0.468 e. The molecule has 1 N–H and O–H groups in total. The summed E-state index contributed by atoms with van der Waals surface area (Å²) in [5.41, 5.74) is 0.790. The third-order valence-electron chi connectivity index (χ3n) is 2.42. The van der Waals surface area contributed by atoms with Gasteiger partial charge in [-0.2, -0.15) is 0 Å². The van der Waals surface area contributed by atoms with Crippen molar-refractivity contribution in [3.63, 3.8) is 0 Å². The second kappa shape index (κ2) is 5.51. The summed E-state index contributed by atoms with van der Waals surface area (Å²) in [6.07, 6.45) is -0.172. The minimum atomic E-state index is -0.695. The van der Waals surface area contributed by atoms with Gasteiger partial charge in [0.15, 0.2) is 0 Å². The smallest absolute Gasteiger partial charge is 0.315 e. The maximum absolute atomic E-state index is 11.5. The van der Waals surface area contributed by atoms with Gasteiger partial charge in [0.25, 0.3) is 0 Å². The van der Waals surface area contributed by atoms with Gasteiger partial charge in [-0.25, -0.2) is 0 Å². The number of aliphatic hydroxyl groups excluding tert-OH is 1. The van der Waals surface area contributed by atoms with Crippen molar-refractivity contribution in [3.05, 3.63) is 35.9 Å². The lowest BCUT2D eigenvalue weighted by atomic mass is 9.92. The lowest BCUT2D eigenvalue weighted by Crippen LogP contribution is -2.26. The van der Waals surface area contributed by atoms with E-state index in [9.17, 15) is 9.90 Å². The van der Waals surface area contributed by atoms with Crippen LogP contribution in [0.3, 0.4) is 0 Å². The second-order valence-electron chi connectivity index (χ2n) is 3.39. The summed E-state index contributed by atoms with van der Waals surface area (Å²) in [6.45, 7) is 1.84. The second-order valence-corrected chi connectivity index (χ2v) is 3.39. The van der Waals surface area contributed by atoms with Gasteiger partial charge in [-0.3, -0.25) is 4.79 Å². The monoisotopic (exact) mass is 208 g/mol. The summed E-state index contributed by atoms with van der Waals surface area (Å²) in [5, 5.41) is 9.77. The van der Waals surface area contributed by atoms with E-state index < -0.39 is 18.0 Å². The Morgan fingerprint density at radius 1 is 1.40 bits per heavy atom. The van der Waals surface area contributed by atoms with Gasteiger partial charge in [-0.05, 0) is 12.0 Å². The lowest BCUT2D eigenvalue weighted by molar-refractivity contribution is -0.145. The Morgan fingerprint density at radius 3 is 2.47 bits per heavy atom. The highest BCUT2D eigenvalue weighted by molar-refractivity contribution is 5.78. The molecule has 1 aromatic rings. The number of ether oxygens (including phenoxy) is 1. The first-order valence-corrected chi connectivity index (χ1v) is 5.01. The van der Waals surface area contributed by atoms with E-state index in [0.717, 1.165) is 5.56 Å². The fourth-order valence-corrected chi connectivity index (χ4v) is 1.54. The van der Waals surface area contributed by atoms with Crippen molar-refractivity contribution in [3.8, 4) is 0 Å². The Bertz CT molecular complexity index is 308. The molecule has 0 aromatic heterocycles. The fraction of sp³-hybridized carbons (Fsp3) is 0.417. The predicted molar refractivity (Wildman–Crippen MR) is 57.5 cm³/mol. The molecule has 0 fully saturated rings. The van der Waals surface area contributed by atoms with Crippen LogP contribution in [0.4, 0.5) is 0 Å². The first-order valence-electron chi connectivity index (χ1n) is 5.01. The molecule has 0 radical (unpaired) electrons. The van der Waals surface area contributed by atoms with E-state index >= 15 is 0 Å². The largest absolute Gasteiger partial charge is 0.468 e. The van der Waals surface area contributed by atoms with Crippen molar-refractivity contribution in [1.29, 1.82) is 0 Å². The molecule has 0 bridgehead atoms. The number of hydrogen-bond acceptors (Lipinski definition) is 3. The molecule has 0 saturated carbocycles. The minimum absolute atomic E-state index is 0.393. The van der Waals surface area contributed by atoms with Crippen LogP contribution in [0, 0.1) is 0 Å². The maximum atomic E-state index is 11.5. The summed E-state index contributed by atoms with van der Waals surface area (Å²) in [6, 6.07) is 9.19. The summed E-state index contributed by atoms with van der Waals surface area (Å²) < 4.78 is 4.69. The van der Waals surface area contributed by atoms with Gasteiger partial charge in [-0.1, -0.05) is 37.3 Å². The number of hydrogen-bond donors (Lipinski definition) is 1. The summed E-state index contributed by atoms with van der Waals surface area (Å²) in [7, 11) is 1.33. The average Bonchev–Trinajstić information content (AvgIpc) is 2.30. The first kappa shape index (κ1) is 11.7. The third kappa shape index (κ3) is 2.80. The zero-order chi connectivity index (χ0) is 11.3. The van der Waals surface area contributed by atoms with Crippen molar-refractivity contribution in [2.45, 2.75) is 25.4 Å². The number of carbonyl (C=O) groups excluding carboxylic acids is 1. The van der Waals surface area contributed by atoms with Crippen LogP contribution in [0.15, 0.2) is 30.3 Å². The Morgan fingerprint density at radius 2 is 2.00 bits per heavy atom. The Kier molecular flexibility index (Phi) is 4.31. The van der Waals surface area contributed by atoms with Gasteiger partial charge >= 0.3 is 5.97 Å². The van der Waals surface area contributed by atoms with Crippen LogP contribution < -0.4 is 0 Å². The van der Waals surface area contributed by atoms with Crippen molar-refractivity contribution in [1.82, 2.24) is 0 Å². The SMILES string of the molecule is CCC(O)C(C(=O)OC)c1ccccc1. The highest BCUT2D eigenvalue weighted by Gasteiger charge is 2.27. The maximum Gasteiger partial charge on any atom is 0.315 e. The molecule has 1 aromatic carbocycles. The van der Waals surface area contributed by atoms with E-state index in [2.05, 4.69) is 0 Å². The predicted octanol–water partition coefficient (Wildman–Crippen LogP) is 1.71. The number of methoxy groups -OCH3 is 1. The normalized spacial score (nSPS) is 14.3. The molecule has 2 atom stereocenters. The molecule has 2 unspecified atom stereocenters. The first-order chi connectivity index (χ1) is 7.20. The van der Waals surface area contributed by atoms with Crippen LogP contribution in [-0.4, -0.2) is 24.3 Å². The van der Waals surface area contributed by atoms with Crippen molar-refractivity contribution in [2.24, 2.45) is 0 Å². The zero-order valence-electron chi connectivity index (χ0n) is 9.01. The average molecular weight is 208 g/mol. The number of esters is 1. The topological polar surface area (TPSA) is 46.5 Å². The number of carbonyl (C=O) groups is 1. The van der Waals surface area contributed by atoms with Crippen molar-refractivity contribution in [2.75, 3.05) is 7.11 Å². The molecule has 0 amide bonds. The Hall–Kier alpha value is -1.35. The van der Waals surface area contributed by atoms with Crippen LogP contribution in [-0.2, 0) is 9.53 Å². The van der Waals surface area contributed by atoms with Crippen LogP contribution in [0.25, 0.3) is 0 Å². The summed E-state index contributed by atoms with van der Waals surface area (Å²) in [5.74, 6) is -0.975. The van der Waals surface area contributed by atoms with Crippen molar-refractivity contribution < 1.29 is 14.6 Å². The van der Waals surface area contributed by atoms with Gasteiger partial charge in [0, 0.05) is 0 Å². The van der Waals surface area contributed by atoms with Crippen LogP contribution >= 0.6 is 0 Å². The van der Waals surface area contributed by atoms with E-state index in [0.29, 0.717) is 6.42 Å². The Balaban J connectivity index is 2.96. The molecule has 0 aliphatic heterocycles. The molecule has 0 saturated heterocycles. The van der Waals surface area contributed by atoms with Crippen LogP contribution in [0.2, 0.25) is 0 Å². The molecular formula is C12H16O3. The highest BCUT2D eigenvalue weighted by Crippen LogP contribution is 2.22.